The standard InChI is InChI=1S/C16H24N4O/c1-15(2)10-6-7-16(3,9-10)14(15)19-13(21)11-5-4-8-18-12(11)20-17/h4-5,8,10,14H,6-7,9,17H2,1-3H3,(H,18,20)(H,19,21). The highest BCUT2D eigenvalue weighted by atomic mass is 16.1. The van der Waals surface area contributed by atoms with E-state index in [1.165, 1.54) is 19.3 Å². The topological polar surface area (TPSA) is 80.0 Å². The van der Waals surface area contributed by atoms with Crippen LogP contribution in [0.3, 0.4) is 0 Å². The van der Waals surface area contributed by atoms with Crippen LogP contribution in [0.25, 0.3) is 0 Å². The Morgan fingerprint density at radius 3 is 2.81 bits per heavy atom. The van der Waals surface area contributed by atoms with Crippen LogP contribution in [0.5, 0.6) is 0 Å². The summed E-state index contributed by atoms with van der Waals surface area (Å²) in [4.78, 5) is 16.7. The summed E-state index contributed by atoms with van der Waals surface area (Å²) in [6, 6.07) is 3.70. The molecule has 21 heavy (non-hydrogen) atoms. The number of amides is 1. The molecule has 114 valence electrons. The zero-order chi connectivity index (χ0) is 15.3. The quantitative estimate of drug-likeness (QED) is 0.589. The molecule has 3 rings (SSSR count). The Bertz CT molecular complexity index is 566. The van der Waals surface area contributed by atoms with Gasteiger partial charge in [-0.15, -0.1) is 0 Å². The maximum Gasteiger partial charge on any atom is 0.255 e. The molecule has 4 N–H and O–H groups in total. The summed E-state index contributed by atoms with van der Waals surface area (Å²) >= 11 is 0. The Morgan fingerprint density at radius 1 is 1.43 bits per heavy atom. The molecule has 2 bridgehead atoms. The largest absolute Gasteiger partial charge is 0.348 e. The van der Waals surface area contributed by atoms with E-state index in [4.69, 9.17) is 5.84 Å². The Labute approximate surface area is 125 Å². The molecule has 0 spiro atoms. The van der Waals surface area contributed by atoms with Crippen molar-refractivity contribution in [3.05, 3.63) is 23.9 Å². The second kappa shape index (κ2) is 4.70. The molecule has 3 unspecified atom stereocenters. The number of nitrogens with zero attached hydrogens (tertiary/aromatic N) is 1. The van der Waals surface area contributed by atoms with Gasteiger partial charge in [-0.3, -0.25) is 4.79 Å². The second-order valence-electron chi connectivity index (χ2n) is 7.37. The van der Waals surface area contributed by atoms with E-state index in [2.05, 4.69) is 36.5 Å². The molecule has 0 saturated heterocycles. The monoisotopic (exact) mass is 288 g/mol. The molecule has 5 heteroatoms. The summed E-state index contributed by atoms with van der Waals surface area (Å²) in [6.07, 6.45) is 5.30. The van der Waals surface area contributed by atoms with Crippen LogP contribution in [-0.2, 0) is 0 Å². The van der Waals surface area contributed by atoms with E-state index in [9.17, 15) is 4.79 Å². The van der Waals surface area contributed by atoms with Gasteiger partial charge in [0.1, 0.15) is 0 Å². The Morgan fingerprint density at radius 2 is 2.19 bits per heavy atom. The lowest BCUT2D eigenvalue weighted by molar-refractivity contribution is 0.0738. The number of nitrogens with one attached hydrogen (secondary N) is 2. The van der Waals surface area contributed by atoms with Crippen molar-refractivity contribution in [1.29, 1.82) is 0 Å². The normalized spacial score (nSPS) is 33.0. The van der Waals surface area contributed by atoms with Crippen LogP contribution in [-0.4, -0.2) is 16.9 Å². The van der Waals surface area contributed by atoms with Gasteiger partial charge in [0.15, 0.2) is 5.82 Å². The second-order valence-corrected chi connectivity index (χ2v) is 7.37. The minimum Gasteiger partial charge on any atom is -0.348 e. The molecule has 0 radical (unpaired) electrons. The molecule has 2 saturated carbocycles. The maximum absolute atomic E-state index is 12.6. The number of hydrazine groups is 1. The number of pyridine rings is 1. The lowest BCUT2D eigenvalue weighted by atomic mass is 9.68. The first-order chi connectivity index (χ1) is 9.88. The van der Waals surface area contributed by atoms with Crippen LogP contribution in [0.2, 0.25) is 0 Å². The minimum absolute atomic E-state index is 0.0945. The van der Waals surface area contributed by atoms with Crippen LogP contribution < -0.4 is 16.6 Å². The van der Waals surface area contributed by atoms with Crippen molar-refractivity contribution >= 4 is 11.7 Å². The first-order valence-corrected chi connectivity index (χ1v) is 7.61. The third-order valence-corrected chi connectivity index (χ3v) is 5.73. The molecule has 1 aromatic rings. The minimum atomic E-state index is -0.0945. The van der Waals surface area contributed by atoms with Gasteiger partial charge in [-0.25, -0.2) is 10.8 Å². The molecular weight excluding hydrogens is 264 g/mol. The molecule has 1 heterocycles. The molecule has 0 aromatic carbocycles. The predicted molar refractivity (Wildman–Crippen MR) is 82.5 cm³/mol. The number of hydrogen-bond donors (Lipinski definition) is 3. The van der Waals surface area contributed by atoms with E-state index in [-0.39, 0.29) is 22.8 Å². The molecule has 1 aromatic heterocycles. The molecule has 3 atom stereocenters. The van der Waals surface area contributed by atoms with Crippen molar-refractivity contribution in [2.24, 2.45) is 22.6 Å². The van der Waals surface area contributed by atoms with E-state index in [0.29, 0.717) is 17.3 Å². The van der Waals surface area contributed by atoms with Crippen molar-refractivity contribution in [1.82, 2.24) is 10.3 Å². The SMILES string of the molecule is CC12CCC(C1)C(C)(C)C2NC(=O)c1cccnc1NN. The van der Waals surface area contributed by atoms with Gasteiger partial charge in [-0.2, -0.15) is 0 Å². The average molecular weight is 288 g/mol. The smallest absolute Gasteiger partial charge is 0.255 e. The average Bonchev–Trinajstić information content (AvgIpc) is 2.94. The van der Waals surface area contributed by atoms with Crippen LogP contribution in [0.4, 0.5) is 5.82 Å². The molecule has 2 fully saturated rings. The Hall–Kier alpha value is -1.62. The molecule has 2 aliphatic rings. The molecule has 0 aliphatic heterocycles. The predicted octanol–water partition coefficient (Wildman–Crippen LogP) is 2.31. The number of carbonyl (C=O) groups excluding carboxylic acids is 1. The van der Waals surface area contributed by atoms with Crippen LogP contribution in [0.1, 0.15) is 50.4 Å². The van der Waals surface area contributed by atoms with E-state index < -0.39 is 0 Å². The molecule has 1 amide bonds. The number of fused-ring (bicyclic) bond motifs is 2. The van der Waals surface area contributed by atoms with E-state index in [1.807, 2.05) is 0 Å². The zero-order valence-corrected chi connectivity index (χ0v) is 12.9. The van der Waals surface area contributed by atoms with E-state index >= 15 is 0 Å². The van der Waals surface area contributed by atoms with Crippen LogP contribution >= 0.6 is 0 Å². The molecule has 5 nitrogen and oxygen atoms in total. The number of nitrogens with two attached hydrogens (primary N) is 1. The van der Waals surface area contributed by atoms with Gasteiger partial charge >= 0.3 is 0 Å². The van der Waals surface area contributed by atoms with Gasteiger partial charge in [0.05, 0.1) is 5.56 Å². The van der Waals surface area contributed by atoms with E-state index in [0.717, 1.165) is 0 Å². The van der Waals surface area contributed by atoms with Crippen LogP contribution in [0, 0.1) is 16.7 Å². The number of aromatic nitrogens is 1. The fraction of sp³-hybridized carbons (Fsp3) is 0.625. The summed E-state index contributed by atoms with van der Waals surface area (Å²) in [5.41, 5.74) is 3.35. The highest BCUT2D eigenvalue weighted by Gasteiger charge is 2.59. The third-order valence-electron chi connectivity index (χ3n) is 5.73. The van der Waals surface area contributed by atoms with Crippen molar-refractivity contribution < 1.29 is 4.79 Å². The van der Waals surface area contributed by atoms with Crippen LogP contribution in [0.15, 0.2) is 18.3 Å². The van der Waals surface area contributed by atoms with Gasteiger partial charge in [-0.1, -0.05) is 20.8 Å². The number of anilines is 1. The number of nitrogen functional groups attached to an aromatic ring is 1. The van der Waals surface area contributed by atoms with Crippen molar-refractivity contribution in [2.45, 2.75) is 46.1 Å². The fourth-order valence-electron chi connectivity index (χ4n) is 4.57. The molecular formula is C16H24N4O. The summed E-state index contributed by atoms with van der Waals surface area (Å²) in [5.74, 6) is 6.47. The van der Waals surface area contributed by atoms with Crippen molar-refractivity contribution in [2.75, 3.05) is 5.43 Å². The lowest BCUT2D eigenvalue weighted by Gasteiger charge is -2.43. The molecule has 2 aliphatic carbocycles. The summed E-state index contributed by atoms with van der Waals surface area (Å²) in [7, 11) is 0. The third kappa shape index (κ3) is 2.11. The summed E-state index contributed by atoms with van der Waals surface area (Å²) in [6.45, 7) is 6.86. The summed E-state index contributed by atoms with van der Waals surface area (Å²) in [5, 5.41) is 3.26. The first kappa shape index (κ1) is 14.3. The Kier molecular flexibility index (Phi) is 3.20. The van der Waals surface area contributed by atoms with Crippen molar-refractivity contribution in [3.63, 3.8) is 0 Å². The number of carbonyl (C=O) groups is 1. The lowest BCUT2D eigenvalue weighted by Crippen LogP contribution is -2.52. The van der Waals surface area contributed by atoms with Crippen molar-refractivity contribution in [3.8, 4) is 0 Å². The fourth-order valence-corrected chi connectivity index (χ4v) is 4.57. The highest BCUT2D eigenvalue weighted by molar-refractivity contribution is 5.98. The van der Waals surface area contributed by atoms with Gasteiger partial charge in [-0.05, 0) is 48.1 Å². The van der Waals surface area contributed by atoms with Gasteiger partial charge < -0.3 is 10.7 Å². The number of hydrogen-bond acceptors (Lipinski definition) is 4. The highest BCUT2D eigenvalue weighted by Crippen LogP contribution is 2.62. The first-order valence-electron chi connectivity index (χ1n) is 7.61. The van der Waals surface area contributed by atoms with E-state index in [1.54, 1.807) is 18.3 Å². The van der Waals surface area contributed by atoms with Gasteiger partial charge in [0.2, 0.25) is 0 Å². The van der Waals surface area contributed by atoms with Gasteiger partial charge in [0.25, 0.3) is 5.91 Å². The summed E-state index contributed by atoms with van der Waals surface area (Å²) < 4.78 is 0. The Balaban J connectivity index is 1.85. The number of rotatable bonds is 3. The van der Waals surface area contributed by atoms with Gasteiger partial charge in [0, 0.05) is 12.2 Å². The maximum atomic E-state index is 12.6. The zero-order valence-electron chi connectivity index (χ0n) is 12.9.